The smallest absolute Gasteiger partial charge is 0.0407 e. The van der Waals surface area contributed by atoms with Crippen molar-refractivity contribution in [1.29, 1.82) is 0 Å². The van der Waals surface area contributed by atoms with Crippen LogP contribution in [0, 0.1) is 6.92 Å². The molecule has 0 spiro atoms. The molecule has 0 saturated carbocycles. The molecule has 0 aliphatic carbocycles. The van der Waals surface area contributed by atoms with Gasteiger partial charge in [-0.1, -0.05) is 36.4 Å². The molecule has 94 valence electrons. The maximum absolute atomic E-state index is 4.17. The van der Waals surface area contributed by atoms with E-state index in [2.05, 4.69) is 65.8 Å². The molecule has 1 N–H and O–H groups in total. The minimum atomic E-state index is 0.826. The molecule has 0 atom stereocenters. The van der Waals surface area contributed by atoms with Gasteiger partial charge in [0.05, 0.1) is 0 Å². The fraction of sp³-hybridized carbons (Fsp3) is 0.118. The number of fused-ring (bicyclic) bond motifs is 1. The van der Waals surface area contributed by atoms with E-state index in [1.54, 1.807) is 0 Å². The Kier molecular flexibility index (Phi) is 3.15. The van der Waals surface area contributed by atoms with Crippen molar-refractivity contribution in [2.75, 3.05) is 5.32 Å². The van der Waals surface area contributed by atoms with Crippen LogP contribution in [0.15, 0.2) is 60.9 Å². The summed E-state index contributed by atoms with van der Waals surface area (Å²) in [4.78, 5) is 4.17. The van der Waals surface area contributed by atoms with E-state index in [1.807, 2.05) is 12.4 Å². The number of aryl methyl sites for hydroxylation is 1. The third kappa shape index (κ3) is 2.43. The highest BCUT2D eigenvalue weighted by Crippen LogP contribution is 2.20. The van der Waals surface area contributed by atoms with Gasteiger partial charge in [0, 0.05) is 30.0 Å². The SMILES string of the molecule is Cc1ccccc1NCc1cccc2cnccc12. The predicted octanol–water partition coefficient (Wildman–Crippen LogP) is 4.16. The molecule has 0 aliphatic heterocycles. The van der Waals surface area contributed by atoms with Crippen LogP contribution < -0.4 is 5.32 Å². The van der Waals surface area contributed by atoms with Crippen molar-refractivity contribution in [3.8, 4) is 0 Å². The molecule has 0 radical (unpaired) electrons. The zero-order valence-electron chi connectivity index (χ0n) is 10.9. The zero-order chi connectivity index (χ0) is 13.1. The monoisotopic (exact) mass is 248 g/mol. The first kappa shape index (κ1) is 11.7. The summed E-state index contributed by atoms with van der Waals surface area (Å²) in [5.74, 6) is 0. The van der Waals surface area contributed by atoms with Crippen LogP contribution in [-0.4, -0.2) is 4.98 Å². The number of nitrogens with one attached hydrogen (secondary N) is 1. The highest BCUT2D eigenvalue weighted by atomic mass is 14.9. The van der Waals surface area contributed by atoms with Gasteiger partial charge in [-0.15, -0.1) is 0 Å². The van der Waals surface area contributed by atoms with Crippen LogP contribution >= 0.6 is 0 Å². The molecule has 0 bridgehead atoms. The van der Waals surface area contributed by atoms with Crippen molar-refractivity contribution in [2.24, 2.45) is 0 Å². The Labute approximate surface area is 113 Å². The Morgan fingerprint density at radius 3 is 2.79 bits per heavy atom. The summed E-state index contributed by atoms with van der Waals surface area (Å²) in [6, 6.07) is 16.8. The first-order chi connectivity index (χ1) is 9.34. The predicted molar refractivity (Wildman–Crippen MR) is 80.2 cm³/mol. The van der Waals surface area contributed by atoms with Crippen molar-refractivity contribution in [1.82, 2.24) is 4.98 Å². The van der Waals surface area contributed by atoms with Crippen LogP contribution in [0.1, 0.15) is 11.1 Å². The van der Waals surface area contributed by atoms with Crippen LogP contribution in [0.3, 0.4) is 0 Å². The van der Waals surface area contributed by atoms with Crippen LogP contribution in [0.25, 0.3) is 10.8 Å². The zero-order valence-corrected chi connectivity index (χ0v) is 10.9. The average Bonchev–Trinajstić information content (AvgIpc) is 2.46. The lowest BCUT2D eigenvalue weighted by Gasteiger charge is -2.11. The number of pyridine rings is 1. The fourth-order valence-electron chi connectivity index (χ4n) is 2.31. The first-order valence-corrected chi connectivity index (χ1v) is 6.46. The molecule has 3 rings (SSSR count). The van der Waals surface area contributed by atoms with E-state index < -0.39 is 0 Å². The minimum absolute atomic E-state index is 0.826. The molecular formula is C17H16N2. The van der Waals surface area contributed by atoms with E-state index in [9.17, 15) is 0 Å². The maximum atomic E-state index is 4.17. The molecule has 2 heteroatoms. The topological polar surface area (TPSA) is 24.9 Å². The molecule has 0 unspecified atom stereocenters. The molecule has 19 heavy (non-hydrogen) atoms. The quantitative estimate of drug-likeness (QED) is 0.753. The molecule has 2 aromatic carbocycles. The van der Waals surface area contributed by atoms with Crippen LogP contribution in [0.2, 0.25) is 0 Å². The van der Waals surface area contributed by atoms with Gasteiger partial charge < -0.3 is 5.32 Å². The van der Waals surface area contributed by atoms with Crippen molar-refractivity contribution >= 4 is 16.5 Å². The third-order valence-corrected chi connectivity index (χ3v) is 3.39. The van der Waals surface area contributed by atoms with E-state index >= 15 is 0 Å². The van der Waals surface area contributed by atoms with E-state index in [4.69, 9.17) is 0 Å². The number of hydrogen-bond acceptors (Lipinski definition) is 2. The summed E-state index contributed by atoms with van der Waals surface area (Å²) >= 11 is 0. The number of aromatic nitrogens is 1. The van der Waals surface area contributed by atoms with Crippen LogP contribution in [0.5, 0.6) is 0 Å². The van der Waals surface area contributed by atoms with Gasteiger partial charge in [-0.25, -0.2) is 0 Å². The van der Waals surface area contributed by atoms with E-state index in [-0.39, 0.29) is 0 Å². The molecule has 0 aliphatic rings. The molecular weight excluding hydrogens is 232 g/mol. The lowest BCUT2D eigenvalue weighted by molar-refractivity contribution is 1.15. The number of anilines is 1. The fourth-order valence-corrected chi connectivity index (χ4v) is 2.31. The Morgan fingerprint density at radius 1 is 1.00 bits per heavy atom. The van der Waals surface area contributed by atoms with Crippen molar-refractivity contribution in [3.05, 3.63) is 72.1 Å². The lowest BCUT2D eigenvalue weighted by atomic mass is 10.1. The van der Waals surface area contributed by atoms with Gasteiger partial charge in [0.1, 0.15) is 0 Å². The molecule has 1 aromatic heterocycles. The largest absolute Gasteiger partial charge is 0.381 e. The van der Waals surface area contributed by atoms with Gasteiger partial charge >= 0.3 is 0 Å². The average molecular weight is 248 g/mol. The maximum Gasteiger partial charge on any atom is 0.0407 e. The Balaban J connectivity index is 1.88. The van der Waals surface area contributed by atoms with E-state index in [0.717, 1.165) is 6.54 Å². The summed E-state index contributed by atoms with van der Waals surface area (Å²) in [5, 5.41) is 5.95. The van der Waals surface area contributed by atoms with Crippen molar-refractivity contribution < 1.29 is 0 Å². The standard InChI is InChI=1S/C17H16N2/c1-13-5-2-3-8-17(13)19-12-15-7-4-6-14-11-18-10-9-16(14)15/h2-11,19H,12H2,1H3. The Bertz CT molecular complexity index is 699. The minimum Gasteiger partial charge on any atom is -0.381 e. The molecule has 0 amide bonds. The number of rotatable bonds is 3. The van der Waals surface area contributed by atoms with Gasteiger partial charge in [-0.05, 0) is 35.6 Å². The number of nitrogens with zero attached hydrogens (tertiary/aromatic N) is 1. The summed E-state index contributed by atoms with van der Waals surface area (Å²) in [5.41, 5.74) is 3.75. The summed E-state index contributed by atoms with van der Waals surface area (Å²) in [6.07, 6.45) is 3.76. The van der Waals surface area contributed by atoms with Crippen LogP contribution in [0.4, 0.5) is 5.69 Å². The van der Waals surface area contributed by atoms with Crippen LogP contribution in [-0.2, 0) is 6.54 Å². The highest BCUT2D eigenvalue weighted by Gasteiger charge is 2.01. The summed E-state index contributed by atoms with van der Waals surface area (Å²) in [7, 11) is 0. The highest BCUT2D eigenvalue weighted by molar-refractivity contribution is 5.84. The second-order valence-electron chi connectivity index (χ2n) is 4.68. The molecule has 0 saturated heterocycles. The Morgan fingerprint density at radius 2 is 1.89 bits per heavy atom. The normalized spacial score (nSPS) is 10.6. The van der Waals surface area contributed by atoms with Crippen molar-refractivity contribution in [2.45, 2.75) is 13.5 Å². The van der Waals surface area contributed by atoms with Gasteiger partial charge in [-0.3, -0.25) is 4.98 Å². The molecule has 3 aromatic rings. The molecule has 2 nitrogen and oxygen atoms in total. The van der Waals surface area contributed by atoms with Gasteiger partial charge in [0.2, 0.25) is 0 Å². The second kappa shape index (κ2) is 5.11. The Hall–Kier alpha value is -2.35. The summed E-state index contributed by atoms with van der Waals surface area (Å²) < 4.78 is 0. The second-order valence-corrected chi connectivity index (χ2v) is 4.68. The van der Waals surface area contributed by atoms with Gasteiger partial charge in [0.15, 0.2) is 0 Å². The van der Waals surface area contributed by atoms with Gasteiger partial charge in [-0.2, -0.15) is 0 Å². The van der Waals surface area contributed by atoms with Gasteiger partial charge in [0.25, 0.3) is 0 Å². The van der Waals surface area contributed by atoms with Crippen molar-refractivity contribution in [3.63, 3.8) is 0 Å². The van der Waals surface area contributed by atoms with E-state index in [1.165, 1.54) is 27.6 Å². The lowest BCUT2D eigenvalue weighted by Crippen LogP contribution is -2.01. The summed E-state index contributed by atoms with van der Waals surface area (Å²) in [6.45, 7) is 2.95. The first-order valence-electron chi connectivity index (χ1n) is 6.46. The molecule has 1 heterocycles. The number of para-hydroxylation sites is 1. The van der Waals surface area contributed by atoms with E-state index in [0.29, 0.717) is 0 Å². The number of hydrogen-bond donors (Lipinski definition) is 1. The third-order valence-electron chi connectivity index (χ3n) is 3.39. The molecule has 0 fully saturated rings. The number of benzene rings is 2.